The van der Waals surface area contributed by atoms with E-state index < -0.39 is 17.1 Å². The summed E-state index contributed by atoms with van der Waals surface area (Å²) in [6.07, 6.45) is 2.87. The van der Waals surface area contributed by atoms with Gasteiger partial charge in [0.25, 0.3) is 5.91 Å². The second-order valence-corrected chi connectivity index (χ2v) is 8.86. The molecule has 1 aliphatic heterocycles. The molecule has 7 heteroatoms. The predicted molar refractivity (Wildman–Crippen MR) is 118 cm³/mol. The Kier molecular flexibility index (Phi) is 4.63. The van der Waals surface area contributed by atoms with Crippen molar-refractivity contribution in [2.24, 2.45) is 0 Å². The van der Waals surface area contributed by atoms with Crippen LogP contribution in [0.15, 0.2) is 47.4 Å². The van der Waals surface area contributed by atoms with Gasteiger partial charge in [-0.15, -0.1) is 0 Å². The largest absolute Gasteiger partial charge is 0.502 e. The molecule has 1 aromatic heterocycles. The lowest BCUT2D eigenvalue weighted by molar-refractivity contribution is 0.0686. The summed E-state index contributed by atoms with van der Waals surface area (Å²) in [5.74, 6) is -1.11. The van der Waals surface area contributed by atoms with Crippen molar-refractivity contribution in [2.45, 2.75) is 31.7 Å². The summed E-state index contributed by atoms with van der Waals surface area (Å²) in [6.45, 7) is 2.46. The van der Waals surface area contributed by atoms with E-state index in [1.54, 1.807) is 11.9 Å². The predicted octanol–water partition coefficient (Wildman–Crippen LogP) is 3.47. The first-order valence-corrected chi connectivity index (χ1v) is 10.7. The number of aryl methyl sites for hydroxylation is 3. The molecular weight excluding hydrogens is 414 g/mol. The van der Waals surface area contributed by atoms with Gasteiger partial charge in [-0.05, 0) is 54.2 Å². The second-order valence-electron chi connectivity index (χ2n) is 8.43. The van der Waals surface area contributed by atoms with Crippen LogP contribution in [0.1, 0.15) is 50.3 Å². The molecule has 2 aromatic carbocycles. The fourth-order valence-corrected chi connectivity index (χ4v) is 5.12. The standard InChI is InChI=1S/C24H22ClN3O3/c1-13-3-4-14-5-6-15-7-8-16(25)10-18(15)21(17(14)9-13)19-12-27(2)24(31)22-23(30)20(29)11-26-28(19)22/h3-4,7-11,19,21,30H,5-6,12H2,1-2H3. The zero-order valence-corrected chi connectivity index (χ0v) is 18.1. The Labute approximate surface area is 184 Å². The number of halogens is 1. The van der Waals surface area contributed by atoms with Crippen molar-refractivity contribution in [1.29, 1.82) is 0 Å². The third-order valence-electron chi connectivity index (χ3n) is 6.44. The lowest BCUT2D eigenvalue weighted by Gasteiger charge is -2.38. The van der Waals surface area contributed by atoms with Crippen LogP contribution >= 0.6 is 11.6 Å². The molecule has 2 heterocycles. The number of carbonyl (C=O) groups is 1. The lowest BCUT2D eigenvalue weighted by Crippen LogP contribution is -2.45. The highest BCUT2D eigenvalue weighted by Gasteiger charge is 2.40. The third-order valence-corrected chi connectivity index (χ3v) is 6.67. The van der Waals surface area contributed by atoms with E-state index in [-0.39, 0.29) is 17.7 Å². The average Bonchev–Trinajstić information content (AvgIpc) is 2.89. The molecule has 0 spiro atoms. The molecule has 0 saturated heterocycles. The molecule has 0 saturated carbocycles. The van der Waals surface area contributed by atoms with E-state index in [1.807, 2.05) is 12.1 Å². The number of fused-ring (bicyclic) bond motifs is 3. The van der Waals surface area contributed by atoms with Gasteiger partial charge in [-0.2, -0.15) is 5.10 Å². The second kappa shape index (κ2) is 7.24. The number of amides is 1. The smallest absolute Gasteiger partial charge is 0.275 e. The Balaban J connectivity index is 1.81. The zero-order chi connectivity index (χ0) is 21.9. The van der Waals surface area contributed by atoms with Crippen molar-refractivity contribution >= 4 is 17.5 Å². The van der Waals surface area contributed by atoms with Crippen LogP contribution in [0.2, 0.25) is 5.02 Å². The van der Waals surface area contributed by atoms with Crippen LogP contribution in [0.25, 0.3) is 0 Å². The Morgan fingerprint density at radius 2 is 1.74 bits per heavy atom. The maximum Gasteiger partial charge on any atom is 0.275 e. The molecule has 0 fully saturated rings. The first-order chi connectivity index (χ1) is 14.8. The van der Waals surface area contributed by atoms with E-state index in [0.29, 0.717) is 11.6 Å². The number of carbonyl (C=O) groups excluding carboxylic acids is 1. The molecule has 1 amide bonds. The SMILES string of the molecule is Cc1ccc2c(c1)C(C1CN(C)C(=O)c3c(O)c(=O)cnn31)c1cc(Cl)ccc1CC2. The van der Waals surface area contributed by atoms with Crippen LogP contribution in [0, 0.1) is 6.92 Å². The fraction of sp³-hybridized carbons (Fsp3) is 0.292. The van der Waals surface area contributed by atoms with Crippen LogP contribution in [-0.2, 0) is 12.8 Å². The van der Waals surface area contributed by atoms with Crippen LogP contribution in [-0.4, -0.2) is 39.3 Å². The molecule has 6 nitrogen and oxygen atoms in total. The summed E-state index contributed by atoms with van der Waals surface area (Å²) in [4.78, 5) is 26.4. The number of rotatable bonds is 1. The summed E-state index contributed by atoms with van der Waals surface area (Å²) < 4.78 is 1.53. The van der Waals surface area contributed by atoms with E-state index in [0.717, 1.165) is 30.2 Å². The van der Waals surface area contributed by atoms with Crippen molar-refractivity contribution in [2.75, 3.05) is 13.6 Å². The number of likely N-dealkylation sites (N-methyl/N-ethyl adjacent to an activating group) is 1. The van der Waals surface area contributed by atoms with Gasteiger partial charge in [-0.3, -0.25) is 14.3 Å². The highest BCUT2D eigenvalue weighted by Crippen LogP contribution is 2.44. The van der Waals surface area contributed by atoms with Crippen LogP contribution in [0.4, 0.5) is 0 Å². The van der Waals surface area contributed by atoms with Gasteiger partial charge in [0.2, 0.25) is 5.43 Å². The maximum absolute atomic E-state index is 12.8. The van der Waals surface area contributed by atoms with Crippen molar-refractivity contribution in [3.63, 3.8) is 0 Å². The Morgan fingerprint density at radius 3 is 2.48 bits per heavy atom. The first kappa shape index (κ1) is 19.8. The van der Waals surface area contributed by atoms with E-state index >= 15 is 0 Å². The van der Waals surface area contributed by atoms with E-state index in [4.69, 9.17) is 11.6 Å². The van der Waals surface area contributed by atoms with E-state index in [2.05, 4.69) is 36.3 Å². The normalized spacial score (nSPS) is 20.0. The fourth-order valence-electron chi connectivity index (χ4n) is 4.94. The molecule has 0 bridgehead atoms. The highest BCUT2D eigenvalue weighted by atomic mass is 35.5. The lowest BCUT2D eigenvalue weighted by atomic mass is 9.81. The summed E-state index contributed by atoms with van der Waals surface area (Å²) in [5, 5.41) is 15.4. The van der Waals surface area contributed by atoms with Gasteiger partial charge in [0.1, 0.15) is 0 Å². The van der Waals surface area contributed by atoms with Crippen molar-refractivity contribution < 1.29 is 9.90 Å². The molecule has 31 heavy (non-hydrogen) atoms. The summed E-state index contributed by atoms with van der Waals surface area (Å²) >= 11 is 6.42. The molecule has 2 unspecified atom stereocenters. The van der Waals surface area contributed by atoms with Crippen LogP contribution < -0.4 is 5.43 Å². The van der Waals surface area contributed by atoms with E-state index in [1.165, 1.54) is 21.4 Å². The quantitative estimate of drug-likeness (QED) is 0.635. The van der Waals surface area contributed by atoms with Gasteiger partial charge in [-0.1, -0.05) is 41.4 Å². The zero-order valence-electron chi connectivity index (χ0n) is 17.3. The van der Waals surface area contributed by atoms with Gasteiger partial charge in [0.05, 0.1) is 12.2 Å². The maximum atomic E-state index is 12.8. The Morgan fingerprint density at radius 1 is 1.06 bits per heavy atom. The molecule has 1 aliphatic carbocycles. The van der Waals surface area contributed by atoms with Crippen LogP contribution in [0.3, 0.4) is 0 Å². The van der Waals surface area contributed by atoms with Crippen molar-refractivity contribution in [3.05, 3.63) is 91.4 Å². The molecule has 5 rings (SSSR count). The number of hydrogen-bond acceptors (Lipinski definition) is 4. The van der Waals surface area contributed by atoms with Gasteiger partial charge in [0, 0.05) is 24.5 Å². The molecule has 3 aromatic rings. The molecular formula is C24H22ClN3O3. The van der Waals surface area contributed by atoms with Gasteiger partial charge < -0.3 is 10.0 Å². The van der Waals surface area contributed by atoms with Gasteiger partial charge in [0.15, 0.2) is 11.4 Å². The molecule has 2 aliphatic rings. The number of aromatic hydroxyl groups is 1. The molecule has 158 valence electrons. The summed E-state index contributed by atoms with van der Waals surface area (Å²) in [7, 11) is 1.68. The Hall–Kier alpha value is -3.12. The number of nitrogens with zero attached hydrogens (tertiary/aromatic N) is 3. The van der Waals surface area contributed by atoms with Crippen molar-refractivity contribution in [3.8, 4) is 5.75 Å². The monoisotopic (exact) mass is 435 g/mol. The minimum atomic E-state index is -0.658. The third kappa shape index (κ3) is 3.13. The van der Waals surface area contributed by atoms with Gasteiger partial charge in [-0.25, -0.2) is 0 Å². The summed E-state index contributed by atoms with van der Waals surface area (Å²) in [5.41, 5.74) is 5.13. The number of hydrogen-bond donors (Lipinski definition) is 1. The topological polar surface area (TPSA) is 75.4 Å². The van der Waals surface area contributed by atoms with Crippen molar-refractivity contribution in [1.82, 2.24) is 14.7 Å². The minimum Gasteiger partial charge on any atom is -0.502 e. The average molecular weight is 436 g/mol. The number of aromatic nitrogens is 2. The summed E-state index contributed by atoms with van der Waals surface area (Å²) in [6, 6.07) is 12.1. The highest BCUT2D eigenvalue weighted by molar-refractivity contribution is 6.30. The number of benzene rings is 2. The molecule has 1 N–H and O–H groups in total. The first-order valence-electron chi connectivity index (χ1n) is 10.3. The molecule has 0 radical (unpaired) electrons. The Bertz CT molecular complexity index is 1230. The minimum absolute atomic E-state index is 0.0618. The van der Waals surface area contributed by atoms with Gasteiger partial charge >= 0.3 is 0 Å². The van der Waals surface area contributed by atoms with E-state index in [9.17, 15) is 14.7 Å². The molecule has 2 atom stereocenters. The van der Waals surface area contributed by atoms with Crippen LogP contribution in [0.5, 0.6) is 5.75 Å².